The predicted molar refractivity (Wildman–Crippen MR) is 73.8 cm³/mol. The van der Waals surface area contributed by atoms with Crippen LogP contribution in [0.25, 0.3) is 0 Å². The first-order chi connectivity index (χ1) is 9.24. The molecule has 6 nitrogen and oxygen atoms in total. The second kappa shape index (κ2) is 7.57. The monoisotopic (exact) mass is 267 g/mol. The van der Waals surface area contributed by atoms with Crippen molar-refractivity contribution < 1.29 is 5.11 Å². The molecule has 1 aromatic rings. The Morgan fingerprint density at radius 1 is 1.37 bits per heavy atom. The first kappa shape index (κ1) is 14.4. The van der Waals surface area contributed by atoms with Gasteiger partial charge in [-0.05, 0) is 39.3 Å². The lowest BCUT2D eigenvalue weighted by Gasteiger charge is -2.21. The highest BCUT2D eigenvalue weighted by atomic mass is 16.3. The fourth-order valence-corrected chi connectivity index (χ4v) is 2.44. The Kier molecular flexibility index (Phi) is 5.75. The van der Waals surface area contributed by atoms with E-state index in [1.807, 2.05) is 4.68 Å². The molecule has 2 heterocycles. The lowest BCUT2D eigenvalue weighted by molar-refractivity contribution is 0.120. The summed E-state index contributed by atoms with van der Waals surface area (Å²) in [5.74, 6) is 0. The van der Waals surface area contributed by atoms with Gasteiger partial charge in [-0.2, -0.15) is 5.10 Å². The minimum Gasteiger partial charge on any atom is -0.390 e. The van der Waals surface area contributed by atoms with E-state index in [2.05, 4.69) is 27.2 Å². The van der Waals surface area contributed by atoms with Gasteiger partial charge < -0.3 is 15.3 Å². The van der Waals surface area contributed by atoms with Gasteiger partial charge in [-0.25, -0.2) is 4.98 Å². The number of aromatic nitrogens is 3. The molecule has 0 bridgehead atoms. The summed E-state index contributed by atoms with van der Waals surface area (Å²) in [7, 11) is 0. The van der Waals surface area contributed by atoms with E-state index in [0.29, 0.717) is 12.6 Å². The van der Waals surface area contributed by atoms with Crippen LogP contribution in [-0.2, 0) is 6.54 Å². The van der Waals surface area contributed by atoms with Crippen LogP contribution in [0.5, 0.6) is 0 Å². The largest absolute Gasteiger partial charge is 0.390 e. The second-order valence-electron chi connectivity index (χ2n) is 5.42. The molecular formula is C13H25N5O. The molecular weight excluding hydrogens is 242 g/mol. The van der Waals surface area contributed by atoms with Crippen molar-refractivity contribution in [2.45, 2.75) is 44.9 Å². The van der Waals surface area contributed by atoms with Crippen molar-refractivity contribution in [2.24, 2.45) is 0 Å². The summed E-state index contributed by atoms with van der Waals surface area (Å²) in [4.78, 5) is 6.26. The molecule has 0 aliphatic carbocycles. The van der Waals surface area contributed by atoms with E-state index < -0.39 is 0 Å². The Morgan fingerprint density at radius 2 is 2.16 bits per heavy atom. The fourth-order valence-electron chi connectivity index (χ4n) is 2.44. The highest BCUT2D eigenvalue weighted by Gasteiger charge is 2.16. The van der Waals surface area contributed by atoms with Gasteiger partial charge in [-0.1, -0.05) is 0 Å². The number of likely N-dealkylation sites (tertiary alicyclic amines) is 1. The lowest BCUT2D eigenvalue weighted by Crippen LogP contribution is -2.40. The quantitative estimate of drug-likeness (QED) is 0.699. The first-order valence-electron chi connectivity index (χ1n) is 7.20. The van der Waals surface area contributed by atoms with Crippen molar-refractivity contribution in [3.05, 3.63) is 12.7 Å². The number of hydrogen-bond donors (Lipinski definition) is 2. The number of hydrogen-bond acceptors (Lipinski definition) is 5. The molecule has 2 N–H and O–H groups in total. The number of nitrogens with one attached hydrogen (secondary N) is 1. The summed E-state index contributed by atoms with van der Waals surface area (Å²) in [5, 5.41) is 17.4. The van der Waals surface area contributed by atoms with Crippen molar-refractivity contribution in [2.75, 3.05) is 26.2 Å². The van der Waals surface area contributed by atoms with E-state index in [1.54, 1.807) is 12.7 Å². The van der Waals surface area contributed by atoms with E-state index >= 15 is 0 Å². The van der Waals surface area contributed by atoms with Gasteiger partial charge in [0.15, 0.2) is 0 Å². The molecule has 0 aromatic carbocycles. The summed E-state index contributed by atoms with van der Waals surface area (Å²) in [6.45, 7) is 6.73. The number of rotatable bonds is 8. The van der Waals surface area contributed by atoms with Crippen LogP contribution in [0.2, 0.25) is 0 Å². The Labute approximate surface area is 114 Å². The average molecular weight is 267 g/mol. The fraction of sp³-hybridized carbons (Fsp3) is 0.846. The third kappa shape index (κ3) is 5.26. The maximum absolute atomic E-state index is 9.98. The van der Waals surface area contributed by atoms with Crippen LogP contribution in [0.15, 0.2) is 12.7 Å². The van der Waals surface area contributed by atoms with Crippen LogP contribution in [0.4, 0.5) is 0 Å². The highest BCUT2D eigenvalue weighted by molar-refractivity contribution is 4.73. The minimum absolute atomic E-state index is 0.271. The Hall–Kier alpha value is -0.980. The van der Waals surface area contributed by atoms with E-state index in [0.717, 1.165) is 32.6 Å². The molecule has 1 aliphatic rings. The average Bonchev–Trinajstić information content (AvgIpc) is 3.06. The molecule has 1 aliphatic heterocycles. The molecule has 1 saturated heterocycles. The summed E-state index contributed by atoms with van der Waals surface area (Å²) < 4.78 is 1.83. The van der Waals surface area contributed by atoms with Crippen LogP contribution in [0.3, 0.4) is 0 Å². The normalized spacial score (nSPS) is 19.7. The van der Waals surface area contributed by atoms with Gasteiger partial charge in [0.2, 0.25) is 0 Å². The molecule has 6 heteroatoms. The van der Waals surface area contributed by atoms with Crippen LogP contribution >= 0.6 is 0 Å². The Balaban J connectivity index is 1.55. The maximum Gasteiger partial charge on any atom is 0.137 e. The van der Waals surface area contributed by atoms with Gasteiger partial charge in [-0.3, -0.25) is 4.68 Å². The van der Waals surface area contributed by atoms with Gasteiger partial charge in [0.05, 0.1) is 6.10 Å². The van der Waals surface area contributed by atoms with Crippen LogP contribution in [0.1, 0.15) is 26.2 Å². The third-order valence-corrected chi connectivity index (χ3v) is 3.63. The standard InChI is InChI=1S/C13H25N5O/c1-12(4-7-18-11-14-10-16-18)15-8-13(19)9-17-5-2-3-6-17/h10-13,15,19H,2-9H2,1H3. The zero-order valence-electron chi connectivity index (χ0n) is 11.7. The number of nitrogens with zero attached hydrogens (tertiary/aromatic N) is 4. The van der Waals surface area contributed by atoms with Crippen molar-refractivity contribution in [1.82, 2.24) is 25.0 Å². The van der Waals surface area contributed by atoms with E-state index in [9.17, 15) is 5.11 Å². The second-order valence-corrected chi connectivity index (χ2v) is 5.42. The minimum atomic E-state index is -0.271. The van der Waals surface area contributed by atoms with Gasteiger partial charge in [-0.15, -0.1) is 0 Å². The van der Waals surface area contributed by atoms with Crippen LogP contribution in [-0.4, -0.2) is 63.1 Å². The molecule has 0 spiro atoms. The third-order valence-electron chi connectivity index (χ3n) is 3.63. The molecule has 0 amide bonds. The van der Waals surface area contributed by atoms with Crippen LogP contribution in [0, 0.1) is 0 Å². The summed E-state index contributed by atoms with van der Waals surface area (Å²) in [6.07, 6.45) is 6.54. The molecule has 0 saturated carbocycles. The Bertz CT molecular complexity index is 337. The van der Waals surface area contributed by atoms with E-state index in [1.165, 1.54) is 12.8 Å². The van der Waals surface area contributed by atoms with Crippen molar-refractivity contribution in [3.63, 3.8) is 0 Å². The summed E-state index contributed by atoms with van der Waals surface area (Å²) in [5.41, 5.74) is 0. The molecule has 2 unspecified atom stereocenters. The first-order valence-corrected chi connectivity index (χ1v) is 7.20. The van der Waals surface area contributed by atoms with Crippen molar-refractivity contribution in [1.29, 1.82) is 0 Å². The number of aliphatic hydroxyl groups is 1. The maximum atomic E-state index is 9.98. The summed E-state index contributed by atoms with van der Waals surface area (Å²) >= 11 is 0. The topological polar surface area (TPSA) is 66.2 Å². The molecule has 0 radical (unpaired) electrons. The predicted octanol–water partition coefficient (Wildman–Crippen LogP) is 0.103. The molecule has 19 heavy (non-hydrogen) atoms. The van der Waals surface area contributed by atoms with Gasteiger partial charge in [0.1, 0.15) is 12.7 Å². The van der Waals surface area contributed by atoms with Gasteiger partial charge in [0, 0.05) is 25.7 Å². The Morgan fingerprint density at radius 3 is 2.84 bits per heavy atom. The SMILES string of the molecule is CC(CCn1cncn1)NCC(O)CN1CCCC1. The summed E-state index contributed by atoms with van der Waals surface area (Å²) in [6, 6.07) is 0.373. The molecule has 2 atom stereocenters. The number of aliphatic hydroxyl groups excluding tert-OH is 1. The lowest BCUT2D eigenvalue weighted by atomic mass is 10.2. The smallest absolute Gasteiger partial charge is 0.137 e. The molecule has 1 aromatic heterocycles. The number of aryl methyl sites for hydroxylation is 1. The van der Waals surface area contributed by atoms with Gasteiger partial charge >= 0.3 is 0 Å². The van der Waals surface area contributed by atoms with Crippen molar-refractivity contribution >= 4 is 0 Å². The zero-order chi connectivity index (χ0) is 13.5. The molecule has 1 fully saturated rings. The van der Waals surface area contributed by atoms with Gasteiger partial charge in [0.25, 0.3) is 0 Å². The van der Waals surface area contributed by atoms with Crippen molar-refractivity contribution in [3.8, 4) is 0 Å². The zero-order valence-corrected chi connectivity index (χ0v) is 11.7. The van der Waals surface area contributed by atoms with E-state index in [-0.39, 0.29) is 6.10 Å². The van der Waals surface area contributed by atoms with Crippen LogP contribution < -0.4 is 5.32 Å². The molecule has 2 rings (SSSR count). The number of β-amino-alcohol motifs (C(OH)–C–C–N with tert-alkyl or cyclic N) is 1. The van der Waals surface area contributed by atoms with E-state index in [4.69, 9.17) is 0 Å². The highest BCUT2D eigenvalue weighted by Crippen LogP contribution is 2.07. The molecule has 108 valence electrons.